The van der Waals surface area contributed by atoms with Gasteiger partial charge >= 0.3 is 5.97 Å². The van der Waals surface area contributed by atoms with Crippen molar-refractivity contribution < 1.29 is 19.7 Å². The second kappa shape index (κ2) is 12.3. The summed E-state index contributed by atoms with van der Waals surface area (Å²) in [5.74, 6) is 1.27. The molecular weight excluding hydrogens is 462 g/mol. The fourth-order valence-corrected chi connectivity index (χ4v) is 5.87. The van der Waals surface area contributed by atoms with Crippen LogP contribution in [-0.2, 0) is 4.79 Å². The van der Waals surface area contributed by atoms with Gasteiger partial charge in [-0.05, 0) is 79.6 Å². The van der Waals surface area contributed by atoms with Gasteiger partial charge in [-0.25, -0.2) is 4.98 Å². The zero-order valence-corrected chi connectivity index (χ0v) is 20.9. The van der Waals surface area contributed by atoms with Gasteiger partial charge in [-0.2, -0.15) is 0 Å². The smallest absolute Gasteiger partial charge is 0.303 e. The molecule has 3 heterocycles. The van der Waals surface area contributed by atoms with Crippen LogP contribution in [0.1, 0.15) is 37.4 Å². The number of aliphatic carboxylic acids is 1. The third-order valence-electron chi connectivity index (χ3n) is 6.86. The highest BCUT2D eigenvalue weighted by Gasteiger charge is 2.31. The minimum atomic E-state index is -0.752. The monoisotopic (exact) mass is 495 g/mol. The van der Waals surface area contributed by atoms with Crippen molar-refractivity contribution in [1.29, 1.82) is 0 Å². The first-order valence-corrected chi connectivity index (χ1v) is 13.1. The number of nitrogens with zero attached hydrogens (tertiary/aromatic N) is 3. The van der Waals surface area contributed by atoms with Gasteiger partial charge in [0.2, 0.25) is 0 Å². The molecule has 8 heteroatoms. The van der Waals surface area contributed by atoms with E-state index in [1.807, 2.05) is 42.5 Å². The molecule has 4 rings (SSSR count). The number of fused-ring (bicyclic) bond motifs is 1. The van der Waals surface area contributed by atoms with Crippen molar-refractivity contribution in [3.8, 4) is 5.75 Å². The summed E-state index contributed by atoms with van der Waals surface area (Å²) < 4.78 is 5.35. The van der Waals surface area contributed by atoms with E-state index < -0.39 is 12.1 Å². The number of piperidine rings is 1. The molecule has 7 nitrogen and oxygen atoms in total. The summed E-state index contributed by atoms with van der Waals surface area (Å²) in [6.45, 7) is 2.65. The number of benzene rings is 1. The van der Waals surface area contributed by atoms with Crippen molar-refractivity contribution in [1.82, 2.24) is 14.9 Å². The van der Waals surface area contributed by atoms with Crippen LogP contribution >= 0.6 is 11.8 Å². The van der Waals surface area contributed by atoms with Crippen molar-refractivity contribution >= 4 is 28.6 Å². The number of hydrogen-bond acceptors (Lipinski definition) is 7. The van der Waals surface area contributed by atoms with Crippen LogP contribution in [-0.4, -0.2) is 63.5 Å². The second-order valence-electron chi connectivity index (χ2n) is 9.10. The average Bonchev–Trinajstić information content (AvgIpc) is 2.87. The predicted octanol–water partition coefficient (Wildman–Crippen LogP) is 4.66. The topological polar surface area (TPSA) is 95.8 Å². The Morgan fingerprint density at radius 3 is 2.86 bits per heavy atom. The van der Waals surface area contributed by atoms with Gasteiger partial charge < -0.3 is 19.8 Å². The summed E-state index contributed by atoms with van der Waals surface area (Å²) in [6, 6.07) is 13.5. The lowest BCUT2D eigenvalue weighted by atomic mass is 9.79. The van der Waals surface area contributed by atoms with Crippen LogP contribution in [0.5, 0.6) is 5.75 Å². The first-order valence-electron chi connectivity index (χ1n) is 12.1. The van der Waals surface area contributed by atoms with E-state index in [0.717, 1.165) is 65.5 Å². The minimum Gasteiger partial charge on any atom is -0.497 e. The minimum absolute atomic E-state index is 0.0857. The lowest BCUT2D eigenvalue weighted by Crippen LogP contribution is -2.42. The van der Waals surface area contributed by atoms with E-state index in [4.69, 9.17) is 4.74 Å². The molecule has 0 aliphatic carbocycles. The molecule has 1 aliphatic heterocycles. The first-order chi connectivity index (χ1) is 17.0. The summed E-state index contributed by atoms with van der Waals surface area (Å²) in [5.41, 5.74) is 1.66. The molecule has 1 aliphatic rings. The van der Waals surface area contributed by atoms with Crippen LogP contribution in [0.4, 0.5) is 0 Å². The van der Waals surface area contributed by atoms with Gasteiger partial charge in [0, 0.05) is 43.0 Å². The van der Waals surface area contributed by atoms with E-state index >= 15 is 0 Å². The van der Waals surface area contributed by atoms with Crippen LogP contribution in [0.15, 0.2) is 59.9 Å². The molecule has 186 valence electrons. The highest BCUT2D eigenvalue weighted by Crippen LogP contribution is 2.35. The number of methoxy groups -OCH3 is 1. The number of aliphatic hydroxyl groups excluding tert-OH is 1. The standard InChI is InChI=1S/C27H33N3O4S/c1-34-21-6-7-24-23(17-21)22(9-12-28-24)25(31)8-5-19-10-13-30(18-20(19)16-27(32)33)14-15-35-26-4-2-3-11-29-26/h2-4,6-7,9,11-12,17,19-20,25,31H,5,8,10,13-16,18H2,1H3,(H,32,33)/t19-,20+,25-/m1/s1. The van der Waals surface area contributed by atoms with Crippen molar-refractivity contribution in [2.45, 2.75) is 36.8 Å². The maximum atomic E-state index is 11.6. The Kier molecular flexibility index (Phi) is 8.95. The van der Waals surface area contributed by atoms with E-state index in [2.05, 4.69) is 14.9 Å². The zero-order valence-electron chi connectivity index (χ0n) is 20.0. The van der Waals surface area contributed by atoms with E-state index in [-0.39, 0.29) is 18.3 Å². The van der Waals surface area contributed by atoms with Gasteiger partial charge in [0.25, 0.3) is 0 Å². The number of hydrogen-bond donors (Lipinski definition) is 2. The van der Waals surface area contributed by atoms with E-state index in [1.165, 1.54) is 0 Å². The number of rotatable bonds is 11. The summed E-state index contributed by atoms with van der Waals surface area (Å²) in [4.78, 5) is 22.7. The maximum absolute atomic E-state index is 11.6. The number of aliphatic hydroxyl groups is 1. The number of ether oxygens (including phenoxy) is 1. The molecule has 0 spiro atoms. The molecule has 0 amide bonds. The maximum Gasteiger partial charge on any atom is 0.303 e. The van der Waals surface area contributed by atoms with Gasteiger partial charge in [0.05, 0.1) is 23.8 Å². The molecule has 1 fully saturated rings. The molecular formula is C27H33N3O4S. The molecule has 1 saturated heterocycles. The van der Waals surface area contributed by atoms with Crippen LogP contribution in [0.25, 0.3) is 10.9 Å². The Bertz CT molecular complexity index is 1110. The Labute approximate surface area is 210 Å². The van der Waals surface area contributed by atoms with Crippen molar-refractivity contribution in [3.05, 3.63) is 60.4 Å². The molecule has 2 aromatic heterocycles. The van der Waals surface area contributed by atoms with E-state index in [9.17, 15) is 15.0 Å². The number of pyridine rings is 2. The molecule has 2 N–H and O–H groups in total. The average molecular weight is 496 g/mol. The highest BCUT2D eigenvalue weighted by atomic mass is 32.2. The van der Waals surface area contributed by atoms with Gasteiger partial charge in [0.15, 0.2) is 0 Å². The van der Waals surface area contributed by atoms with Gasteiger partial charge in [-0.15, -0.1) is 11.8 Å². The number of thioether (sulfide) groups is 1. The molecule has 3 aromatic rings. The summed E-state index contributed by atoms with van der Waals surface area (Å²) in [5, 5.41) is 22.5. The second-order valence-corrected chi connectivity index (χ2v) is 10.2. The van der Waals surface area contributed by atoms with Gasteiger partial charge in [0.1, 0.15) is 5.75 Å². The van der Waals surface area contributed by atoms with Crippen molar-refractivity contribution in [3.63, 3.8) is 0 Å². The largest absolute Gasteiger partial charge is 0.497 e. The van der Waals surface area contributed by atoms with Crippen molar-refractivity contribution in [2.24, 2.45) is 11.8 Å². The third-order valence-corrected chi connectivity index (χ3v) is 7.78. The first kappa shape index (κ1) is 25.4. The number of carbonyl (C=O) groups is 1. The molecule has 3 atom stereocenters. The molecule has 0 radical (unpaired) electrons. The van der Waals surface area contributed by atoms with Crippen LogP contribution in [0.3, 0.4) is 0 Å². The lowest BCUT2D eigenvalue weighted by Gasteiger charge is -2.38. The quantitative estimate of drug-likeness (QED) is 0.371. The van der Waals surface area contributed by atoms with Crippen LogP contribution in [0, 0.1) is 11.8 Å². The highest BCUT2D eigenvalue weighted by molar-refractivity contribution is 7.99. The Morgan fingerprint density at radius 1 is 1.20 bits per heavy atom. The van der Waals surface area contributed by atoms with Gasteiger partial charge in [-0.1, -0.05) is 6.07 Å². The number of aromatic nitrogens is 2. The number of carboxylic acid groups (broad SMARTS) is 1. The van der Waals surface area contributed by atoms with Crippen LogP contribution in [0.2, 0.25) is 0 Å². The normalized spacial score (nSPS) is 19.5. The Balaban J connectivity index is 1.35. The summed E-state index contributed by atoms with van der Waals surface area (Å²) >= 11 is 1.73. The van der Waals surface area contributed by atoms with E-state index in [0.29, 0.717) is 6.42 Å². The van der Waals surface area contributed by atoms with Crippen LogP contribution < -0.4 is 4.74 Å². The number of likely N-dealkylation sites (tertiary alicyclic amines) is 1. The SMILES string of the molecule is COc1ccc2nccc([C@H](O)CC[C@@H]3CCN(CCSc4ccccn4)C[C@@H]3CC(=O)O)c2c1. The lowest BCUT2D eigenvalue weighted by molar-refractivity contribution is -0.139. The molecule has 35 heavy (non-hydrogen) atoms. The molecule has 0 saturated carbocycles. The zero-order chi connectivity index (χ0) is 24.6. The van der Waals surface area contributed by atoms with E-state index in [1.54, 1.807) is 31.3 Å². The Morgan fingerprint density at radius 2 is 2.09 bits per heavy atom. The molecule has 0 unspecified atom stereocenters. The van der Waals surface area contributed by atoms with Crippen molar-refractivity contribution in [2.75, 3.05) is 32.5 Å². The van der Waals surface area contributed by atoms with Gasteiger partial charge in [-0.3, -0.25) is 9.78 Å². The third kappa shape index (κ3) is 6.93. The fraction of sp³-hybridized carbons (Fsp3) is 0.444. The summed E-state index contributed by atoms with van der Waals surface area (Å²) in [7, 11) is 1.62. The molecule has 1 aromatic carbocycles. The summed E-state index contributed by atoms with van der Waals surface area (Å²) in [6.07, 6.45) is 5.39. The molecule has 0 bridgehead atoms. The Hall–Kier alpha value is -2.68. The fourth-order valence-electron chi connectivity index (χ4n) is 5.00. The predicted molar refractivity (Wildman–Crippen MR) is 138 cm³/mol. The number of carboxylic acids is 1.